The number of aryl methyl sites for hydroxylation is 2. The molecule has 3 aliphatic rings. The summed E-state index contributed by atoms with van der Waals surface area (Å²) in [5.74, 6) is 1.15. The second-order valence-corrected chi connectivity index (χ2v) is 12.6. The summed E-state index contributed by atoms with van der Waals surface area (Å²) in [6.45, 7) is 6.42. The van der Waals surface area contributed by atoms with Crippen molar-refractivity contribution in [2.75, 3.05) is 25.5 Å². The smallest absolute Gasteiger partial charge is 0.307 e. The zero-order valence-electron chi connectivity index (χ0n) is 24.0. The first-order valence-corrected chi connectivity index (χ1v) is 16.0. The van der Waals surface area contributed by atoms with Crippen molar-refractivity contribution in [1.82, 2.24) is 5.32 Å². The molecule has 4 unspecified atom stereocenters. The number of hydrogen-bond donors (Lipinski definition) is 3. The highest BCUT2D eigenvalue weighted by Crippen LogP contribution is 2.63. The van der Waals surface area contributed by atoms with Gasteiger partial charge in [-0.15, -0.1) is 0 Å². The molecule has 3 N–H and O–H groups in total. The fraction of sp³-hybridized carbons (Fsp3) is 0.485. The molecular weight excluding hydrogens is 538 g/mol. The van der Waals surface area contributed by atoms with E-state index in [0.717, 1.165) is 49.3 Å². The number of carboxylic acid groups (broad SMARTS) is 1. The van der Waals surface area contributed by atoms with E-state index in [2.05, 4.69) is 42.6 Å². The normalized spacial score (nSPS) is 24.4. The SMILES string of the molecule is CC=C1C(=CCNCc2ccc3c(c2)-c2ccc(OCC(CC)CCS(=O)O)cc2CCC3)OCC12CC2C(=O)O. The number of allylic oxidation sites excluding steroid dienone is 2. The van der Waals surface area contributed by atoms with Crippen molar-refractivity contribution in [3.8, 4) is 16.9 Å². The summed E-state index contributed by atoms with van der Waals surface area (Å²) in [6.07, 6.45) is 9.43. The molecule has 0 amide bonds. The third kappa shape index (κ3) is 6.60. The largest absolute Gasteiger partial charge is 0.493 e. The molecule has 5 rings (SSSR count). The monoisotopic (exact) mass is 579 g/mol. The van der Waals surface area contributed by atoms with Crippen molar-refractivity contribution >= 4 is 17.0 Å². The average Bonchev–Trinajstić information content (AvgIpc) is 3.63. The van der Waals surface area contributed by atoms with Gasteiger partial charge in [-0.05, 0) is 97.0 Å². The van der Waals surface area contributed by atoms with E-state index in [-0.39, 0.29) is 23.0 Å². The molecule has 2 aliphatic carbocycles. The third-order valence-corrected chi connectivity index (χ3v) is 9.49. The summed E-state index contributed by atoms with van der Waals surface area (Å²) in [5.41, 5.74) is 7.12. The van der Waals surface area contributed by atoms with Crippen LogP contribution in [-0.2, 0) is 40.0 Å². The number of carboxylic acids is 1. The molecule has 2 aromatic rings. The predicted molar refractivity (Wildman–Crippen MR) is 161 cm³/mol. The second-order valence-electron chi connectivity index (χ2n) is 11.5. The highest BCUT2D eigenvalue weighted by molar-refractivity contribution is 7.79. The van der Waals surface area contributed by atoms with Crippen LogP contribution in [0, 0.1) is 17.3 Å². The second kappa shape index (κ2) is 12.9. The Morgan fingerprint density at radius 3 is 2.78 bits per heavy atom. The topological polar surface area (TPSA) is 105 Å². The van der Waals surface area contributed by atoms with Gasteiger partial charge in [0.15, 0.2) is 11.1 Å². The first-order chi connectivity index (χ1) is 19.8. The molecule has 0 aromatic heterocycles. The van der Waals surface area contributed by atoms with Gasteiger partial charge in [0.05, 0.1) is 19.1 Å². The van der Waals surface area contributed by atoms with Gasteiger partial charge >= 0.3 is 5.97 Å². The maximum Gasteiger partial charge on any atom is 0.307 e. The van der Waals surface area contributed by atoms with Gasteiger partial charge in [0.2, 0.25) is 0 Å². The minimum Gasteiger partial charge on any atom is -0.493 e. The lowest BCUT2D eigenvalue weighted by atomic mass is 9.94. The van der Waals surface area contributed by atoms with Crippen LogP contribution in [0.2, 0.25) is 0 Å². The molecule has 0 bridgehead atoms. The lowest BCUT2D eigenvalue weighted by Crippen LogP contribution is -2.14. The summed E-state index contributed by atoms with van der Waals surface area (Å²) in [6, 6.07) is 13.1. The number of fused-ring (bicyclic) bond motifs is 3. The summed E-state index contributed by atoms with van der Waals surface area (Å²) in [4.78, 5) is 11.5. The van der Waals surface area contributed by atoms with E-state index in [0.29, 0.717) is 32.6 Å². The highest BCUT2D eigenvalue weighted by atomic mass is 32.2. The fourth-order valence-electron chi connectivity index (χ4n) is 6.36. The van der Waals surface area contributed by atoms with E-state index in [4.69, 9.17) is 14.0 Å². The molecule has 1 saturated carbocycles. The maximum absolute atomic E-state index is 11.5. The predicted octanol–water partition coefficient (Wildman–Crippen LogP) is 5.90. The van der Waals surface area contributed by atoms with Crippen molar-refractivity contribution in [1.29, 1.82) is 0 Å². The Bertz CT molecular complexity index is 1370. The minimum absolute atomic E-state index is 0.262. The van der Waals surface area contributed by atoms with Gasteiger partial charge in [-0.1, -0.05) is 37.6 Å². The van der Waals surface area contributed by atoms with Gasteiger partial charge in [-0.2, -0.15) is 0 Å². The van der Waals surface area contributed by atoms with E-state index in [9.17, 15) is 14.1 Å². The molecule has 1 spiro atoms. The summed E-state index contributed by atoms with van der Waals surface area (Å²) in [5, 5.41) is 13.0. The first kappa shape index (κ1) is 29.5. The van der Waals surface area contributed by atoms with Crippen LogP contribution in [0.5, 0.6) is 5.75 Å². The summed E-state index contributed by atoms with van der Waals surface area (Å²) >= 11 is -1.76. The number of hydrogen-bond acceptors (Lipinski definition) is 5. The average molecular weight is 580 g/mol. The Hall–Kier alpha value is -2.94. The van der Waals surface area contributed by atoms with Crippen molar-refractivity contribution in [2.24, 2.45) is 17.3 Å². The summed E-state index contributed by atoms with van der Waals surface area (Å²) in [7, 11) is 0. The first-order valence-electron chi connectivity index (χ1n) is 14.7. The van der Waals surface area contributed by atoms with Crippen LogP contribution in [0.1, 0.15) is 56.2 Å². The Balaban J connectivity index is 1.21. The summed E-state index contributed by atoms with van der Waals surface area (Å²) < 4.78 is 32.2. The molecule has 2 fully saturated rings. The van der Waals surface area contributed by atoms with E-state index in [1.54, 1.807) is 0 Å². The molecule has 1 aliphatic heterocycles. The molecule has 7 nitrogen and oxygen atoms in total. The number of benzene rings is 2. The lowest BCUT2D eigenvalue weighted by Gasteiger charge is -2.17. The molecule has 41 heavy (non-hydrogen) atoms. The van der Waals surface area contributed by atoms with Crippen LogP contribution < -0.4 is 10.1 Å². The molecule has 4 atom stereocenters. The van der Waals surface area contributed by atoms with Crippen LogP contribution in [0.4, 0.5) is 0 Å². The van der Waals surface area contributed by atoms with E-state index >= 15 is 0 Å². The van der Waals surface area contributed by atoms with Crippen LogP contribution in [0.3, 0.4) is 0 Å². The molecule has 220 valence electrons. The number of ether oxygens (including phenoxy) is 2. The van der Waals surface area contributed by atoms with E-state index in [1.165, 1.54) is 27.8 Å². The van der Waals surface area contributed by atoms with Gasteiger partial charge in [0, 0.05) is 29.8 Å². The van der Waals surface area contributed by atoms with Crippen LogP contribution in [-0.4, -0.2) is 45.3 Å². The maximum atomic E-state index is 11.5. The van der Waals surface area contributed by atoms with Crippen molar-refractivity contribution < 1.29 is 28.1 Å². The minimum atomic E-state index is -1.76. The van der Waals surface area contributed by atoms with Crippen molar-refractivity contribution in [3.63, 3.8) is 0 Å². The fourth-order valence-corrected chi connectivity index (χ4v) is 6.90. The van der Waals surface area contributed by atoms with Crippen molar-refractivity contribution in [3.05, 3.63) is 76.6 Å². The molecule has 0 radical (unpaired) electrons. The quantitative estimate of drug-likeness (QED) is 0.212. The van der Waals surface area contributed by atoms with Gasteiger partial charge in [-0.3, -0.25) is 4.79 Å². The lowest BCUT2D eigenvalue weighted by molar-refractivity contribution is -0.139. The van der Waals surface area contributed by atoms with E-state index in [1.807, 2.05) is 25.1 Å². The number of carbonyl (C=O) groups is 1. The zero-order chi connectivity index (χ0) is 29.0. The van der Waals surface area contributed by atoms with E-state index < -0.39 is 17.0 Å². The Labute approximate surface area is 245 Å². The Morgan fingerprint density at radius 1 is 1.22 bits per heavy atom. The van der Waals surface area contributed by atoms with Gasteiger partial charge in [-0.25, -0.2) is 4.21 Å². The number of aliphatic carboxylic acids is 1. The molecule has 8 heteroatoms. The van der Waals surface area contributed by atoms with Crippen LogP contribution in [0.25, 0.3) is 11.1 Å². The number of nitrogens with one attached hydrogen (secondary N) is 1. The highest BCUT2D eigenvalue weighted by Gasteiger charge is 2.64. The number of rotatable bonds is 12. The van der Waals surface area contributed by atoms with Crippen LogP contribution >= 0.6 is 0 Å². The van der Waals surface area contributed by atoms with Crippen LogP contribution in [0.15, 0.2) is 59.9 Å². The molecule has 1 saturated heterocycles. The van der Waals surface area contributed by atoms with Crippen molar-refractivity contribution in [2.45, 2.75) is 58.9 Å². The van der Waals surface area contributed by atoms with Gasteiger partial charge in [0.1, 0.15) is 11.5 Å². The molecule has 1 heterocycles. The zero-order valence-corrected chi connectivity index (χ0v) is 24.8. The standard InChI is InChI=1S/C33H41NO6S/c1-3-22(13-15-41(37)38)20-39-26-10-11-27-25(17-26)7-5-6-24-9-8-23(16-28(24)27)19-34-14-12-31-29(4-2)33(21-40-31)18-30(33)32(35)36/h4,8-12,16-17,22,30,34H,3,5-7,13-15,18-21H2,1-2H3,(H,35,36)(H,37,38). The third-order valence-electron chi connectivity index (χ3n) is 8.91. The molecule has 2 aromatic carbocycles. The molecular formula is C33H41NO6S. The van der Waals surface area contributed by atoms with Gasteiger partial charge in [0.25, 0.3) is 0 Å². The van der Waals surface area contributed by atoms with Gasteiger partial charge < -0.3 is 24.4 Å². The Morgan fingerprint density at radius 2 is 2.05 bits per heavy atom. The Kier molecular flexibility index (Phi) is 9.32.